The number of halogens is 1. The Morgan fingerprint density at radius 3 is 2.70 bits per heavy atom. The highest BCUT2D eigenvalue weighted by Crippen LogP contribution is 2.34. The molecule has 8 nitrogen and oxygen atoms in total. The summed E-state index contributed by atoms with van der Waals surface area (Å²) in [6.07, 6.45) is 1.26. The van der Waals surface area contributed by atoms with Crippen LogP contribution in [0.4, 0.5) is 17.1 Å². The molecule has 0 aromatic heterocycles. The number of anilines is 2. The fourth-order valence-corrected chi connectivity index (χ4v) is 3.10. The highest BCUT2D eigenvalue weighted by atomic mass is 35.5. The van der Waals surface area contributed by atoms with Gasteiger partial charge in [0.1, 0.15) is 11.3 Å². The van der Waals surface area contributed by atoms with Gasteiger partial charge in [-0.05, 0) is 30.7 Å². The normalized spacial score (nSPS) is 13.6. The summed E-state index contributed by atoms with van der Waals surface area (Å²) in [5.41, 5.74) is 0.502. The first-order valence-corrected chi connectivity index (χ1v) is 8.52. The highest BCUT2D eigenvalue weighted by Gasteiger charge is 2.25. The molecule has 9 heteroatoms. The average molecular weight is 390 g/mol. The van der Waals surface area contributed by atoms with Crippen LogP contribution < -0.4 is 15.0 Å². The minimum atomic E-state index is -0.670. The quantitative estimate of drug-likeness (QED) is 0.621. The van der Waals surface area contributed by atoms with Crippen molar-refractivity contribution in [3.05, 3.63) is 57.1 Å². The third-order valence-electron chi connectivity index (χ3n) is 4.20. The van der Waals surface area contributed by atoms with Gasteiger partial charge in [-0.15, -0.1) is 0 Å². The Kier molecular flexibility index (Phi) is 5.27. The molecule has 3 rings (SSSR count). The second-order valence-electron chi connectivity index (χ2n) is 5.91. The molecule has 0 radical (unpaired) electrons. The summed E-state index contributed by atoms with van der Waals surface area (Å²) in [6, 6.07) is 8.61. The van der Waals surface area contributed by atoms with Gasteiger partial charge in [0, 0.05) is 35.8 Å². The third-order valence-corrected chi connectivity index (χ3v) is 4.44. The molecule has 1 heterocycles. The largest absolute Gasteiger partial charge is 0.494 e. The van der Waals surface area contributed by atoms with Crippen molar-refractivity contribution in [3.8, 4) is 5.75 Å². The van der Waals surface area contributed by atoms with Crippen molar-refractivity contribution in [1.29, 1.82) is 0 Å². The van der Waals surface area contributed by atoms with E-state index >= 15 is 0 Å². The van der Waals surface area contributed by atoms with Gasteiger partial charge in [-0.2, -0.15) is 0 Å². The van der Waals surface area contributed by atoms with Crippen LogP contribution in [-0.4, -0.2) is 30.4 Å². The van der Waals surface area contributed by atoms with Crippen LogP contribution in [0.1, 0.15) is 23.2 Å². The van der Waals surface area contributed by atoms with Gasteiger partial charge in [-0.25, -0.2) is 0 Å². The summed E-state index contributed by atoms with van der Waals surface area (Å²) in [6.45, 7) is 0.607. The molecule has 140 valence electrons. The molecular weight excluding hydrogens is 374 g/mol. The van der Waals surface area contributed by atoms with Gasteiger partial charge < -0.3 is 15.0 Å². The molecule has 1 aliphatic rings. The lowest BCUT2D eigenvalue weighted by Crippen LogP contribution is -2.24. The van der Waals surface area contributed by atoms with E-state index in [1.807, 2.05) is 0 Å². The monoisotopic (exact) mass is 389 g/mol. The van der Waals surface area contributed by atoms with Gasteiger partial charge >= 0.3 is 0 Å². The minimum absolute atomic E-state index is 0.0136. The number of carbonyl (C=O) groups excluding carboxylic acids is 2. The Hall–Kier alpha value is -3.13. The first-order valence-electron chi connectivity index (χ1n) is 8.14. The number of rotatable bonds is 5. The van der Waals surface area contributed by atoms with Crippen molar-refractivity contribution in [2.45, 2.75) is 12.8 Å². The molecule has 1 saturated heterocycles. The standard InChI is InChI=1S/C18H16ClN3O5/c1-27-16-10-12(5-7-15(16)21-8-2-3-17(21)23)20-18(24)13-9-11(19)4-6-14(13)22(25)26/h4-7,9-10H,2-3,8H2,1H3,(H,20,24). The molecule has 2 amide bonds. The van der Waals surface area contributed by atoms with Crippen LogP contribution >= 0.6 is 11.6 Å². The van der Waals surface area contributed by atoms with E-state index < -0.39 is 10.8 Å². The van der Waals surface area contributed by atoms with E-state index in [-0.39, 0.29) is 22.2 Å². The van der Waals surface area contributed by atoms with Crippen LogP contribution in [0.2, 0.25) is 5.02 Å². The molecule has 27 heavy (non-hydrogen) atoms. The number of ether oxygens (including phenoxy) is 1. The number of nitro benzene ring substituents is 1. The first-order chi connectivity index (χ1) is 12.9. The number of nitrogens with one attached hydrogen (secondary N) is 1. The molecule has 1 aliphatic heterocycles. The lowest BCUT2D eigenvalue weighted by Gasteiger charge is -2.19. The van der Waals surface area contributed by atoms with Crippen LogP contribution in [0.5, 0.6) is 5.75 Å². The van der Waals surface area contributed by atoms with Gasteiger partial charge in [0.05, 0.1) is 17.7 Å². The van der Waals surface area contributed by atoms with E-state index in [0.29, 0.717) is 30.1 Å². The summed E-state index contributed by atoms with van der Waals surface area (Å²) in [5, 5.41) is 14.0. The zero-order chi connectivity index (χ0) is 19.6. The second-order valence-corrected chi connectivity index (χ2v) is 6.34. The number of methoxy groups -OCH3 is 1. The van der Waals surface area contributed by atoms with Crippen molar-refractivity contribution in [3.63, 3.8) is 0 Å². The zero-order valence-electron chi connectivity index (χ0n) is 14.4. The number of amides is 2. The first kappa shape index (κ1) is 18.7. The van der Waals surface area contributed by atoms with Crippen molar-refractivity contribution in [2.75, 3.05) is 23.9 Å². The summed E-state index contributed by atoms with van der Waals surface area (Å²) in [7, 11) is 1.47. The lowest BCUT2D eigenvalue weighted by molar-refractivity contribution is -0.385. The van der Waals surface area contributed by atoms with Gasteiger partial charge in [0.15, 0.2) is 0 Å². The number of nitrogens with zero attached hydrogens (tertiary/aromatic N) is 2. The lowest BCUT2D eigenvalue weighted by atomic mass is 10.1. The molecule has 0 spiro atoms. The molecule has 2 aromatic rings. The smallest absolute Gasteiger partial charge is 0.282 e. The molecule has 0 aliphatic carbocycles. The Balaban J connectivity index is 1.88. The topological polar surface area (TPSA) is 102 Å². The van der Waals surface area contributed by atoms with E-state index in [9.17, 15) is 19.7 Å². The maximum absolute atomic E-state index is 12.5. The predicted octanol–water partition coefficient (Wildman–Crippen LogP) is 3.64. The average Bonchev–Trinajstić information content (AvgIpc) is 3.07. The van der Waals surface area contributed by atoms with Crippen LogP contribution in [0.3, 0.4) is 0 Å². The third kappa shape index (κ3) is 3.85. The summed E-state index contributed by atoms with van der Waals surface area (Å²) in [4.78, 5) is 36.6. The van der Waals surface area contributed by atoms with Crippen molar-refractivity contribution >= 4 is 40.5 Å². The SMILES string of the molecule is COc1cc(NC(=O)c2cc(Cl)ccc2[N+](=O)[O-])ccc1N1CCCC1=O. The molecule has 2 aromatic carbocycles. The number of nitro groups is 1. The van der Waals surface area contributed by atoms with Crippen molar-refractivity contribution in [1.82, 2.24) is 0 Å². The summed E-state index contributed by atoms with van der Waals surface area (Å²) in [5.74, 6) is -0.237. The molecule has 1 N–H and O–H groups in total. The van der Waals surface area contributed by atoms with E-state index in [1.54, 1.807) is 23.1 Å². The fraction of sp³-hybridized carbons (Fsp3) is 0.222. The van der Waals surface area contributed by atoms with Gasteiger partial charge in [-0.1, -0.05) is 11.6 Å². The van der Waals surface area contributed by atoms with Crippen LogP contribution in [-0.2, 0) is 4.79 Å². The highest BCUT2D eigenvalue weighted by molar-refractivity contribution is 6.31. The number of hydrogen-bond acceptors (Lipinski definition) is 5. The van der Waals surface area contributed by atoms with Crippen molar-refractivity contribution < 1.29 is 19.2 Å². The Labute approximate surface area is 159 Å². The van der Waals surface area contributed by atoms with Crippen molar-refractivity contribution in [2.24, 2.45) is 0 Å². The Morgan fingerprint density at radius 1 is 1.30 bits per heavy atom. The van der Waals surface area contributed by atoms with Crippen LogP contribution in [0, 0.1) is 10.1 Å². The van der Waals surface area contributed by atoms with Crippen LogP contribution in [0.15, 0.2) is 36.4 Å². The fourth-order valence-electron chi connectivity index (χ4n) is 2.93. The van der Waals surface area contributed by atoms with E-state index in [2.05, 4.69) is 5.32 Å². The maximum atomic E-state index is 12.5. The van der Waals surface area contributed by atoms with Gasteiger partial charge in [-0.3, -0.25) is 19.7 Å². The molecular formula is C18H16ClN3O5. The molecule has 1 fully saturated rings. The molecule has 0 unspecified atom stereocenters. The Bertz CT molecular complexity index is 931. The maximum Gasteiger partial charge on any atom is 0.282 e. The predicted molar refractivity (Wildman–Crippen MR) is 101 cm³/mol. The summed E-state index contributed by atoms with van der Waals surface area (Å²) < 4.78 is 5.34. The van der Waals surface area contributed by atoms with Gasteiger partial charge in [0.25, 0.3) is 11.6 Å². The molecule has 0 atom stereocenters. The minimum Gasteiger partial charge on any atom is -0.494 e. The van der Waals surface area contributed by atoms with E-state index in [1.165, 1.54) is 25.3 Å². The number of hydrogen-bond donors (Lipinski definition) is 1. The molecule has 0 saturated carbocycles. The Morgan fingerprint density at radius 2 is 2.07 bits per heavy atom. The second kappa shape index (κ2) is 7.63. The zero-order valence-corrected chi connectivity index (χ0v) is 15.2. The van der Waals surface area contributed by atoms with Gasteiger partial charge in [0.2, 0.25) is 5.91 Å². The number of benzene rings is 2. The molecule has 0 bridgehead atoms. The van der Waals surface area contributed by atoms with Crippen LogP contribution in [0.25, 0.3) is 0 Å². The van der Waals surface area contributed by atoms with E-state index in [4.69, 9.17) is 16.3 Å². The number of carbonyl (C=O) groups is 2. The van der Waals surface area contributed by atoms with E-state index in [0.717, 1.165) is 6.42 Å². The summed E-state index contributed by atoms with van der Waals surface area (Å²) >= 11 is 5.86.